The number of benzene rings is 2. The molecule has 1 aromatic heterocycles. The van der Waals surface area contributed by atoms with Gasteiger partial charge in [0.15, 0.2) is 0 Å². The van der Waals surface area contributed by atoms with Crippen LogP contribution in [0.5, 0.6) is 5.75 Å². The number of carbonyl (C=O) groups excluding carboxylic acids is 2. The van der Waals surface area contributed by atoms with Crippen molar-refractivity contribution in [3.05, 3.63) is 71.4 Å². The molecule has 7 nitrogen and oxygen atoms in total. The second kappa shape index (κ2) is 11.4. The van der Waals surface area contributed by atoms with Crippen LogP contribution in [0.4, 0.5) is 0 Å². The van der Waals surface area contributed by atoms with Gasteiger partial charge in [0, 0.05) is 48.7 Å². The Morgan fingerprint density at radius 1 is 1.07 bits per heavy atom. The maximum Gasteiger partial charge on any atom is 0.246 e. The molecule has 3 aromatic rings. The predicted octanol–water partition coefficient (Wildman–Crippen LogP) is 5.30. The number of amides is 2. The lowest BCUT2D eigenvalue weighted by atomic mass is 9.80. The number of para-hydroxylation sites is 1. The van der Waals surface area contributed by atoms with Crippen molar-refractivity contribution >= 4 is 28.8 Å². The van der Waals surface area contributed by atoms with Gasteiger partial charge in [0.2, 0.25) is 11.8 Å². The zero-order valence-electron chi connectivity index (χ0n) is 24.2. The molecule has 2 fully saturated rings. The highest BCUT2D eigenvalue weighted by Gasteiger charge is 2.34. The number of H-pyrrole nitrogens is 1. The van der Waals surface area contributed by atoms with E-state index in [-0.39, 0.29) is 29.4 Å². The van der Waals surface area contributed by atoms with E-state index in [1.807, 2.05) is 23.1 Å². The quantitative estimate of drug-likeness (QED) is 0.345. The predicted molar refractivity (Wildman–Crippen MR) is 163 cm³/mol. The molecular formula is C34H42N4O3. The summed E-state index contributed by atoms with van der Waals surface area (Å²) in [6, 6.07) is 14.5. The van der Waals surface area contributed by atoms with E-state index >= 15 is 0 Å². The van der Waals surface area contributed by atoms with Gasteiger partial charge in [-0.15, -0.1) is 0 Å². The standard InChI is InChI=1S/C34H42N4O3/c1-34(2)20-25-19-22(7-13-30(25)41-34)8-14-31(39)38-17-15-24(16-18-38)32(33(35)40)37-26-11-9-23(10-12-26)28-21-36-29-6-4-3-5-27(28)29/h3-8,13-14,19,21,23-24,26,32,36-37H,9-12,15-18,20H2,1-2H3,(H2,35,40)/b14-8+. The van der Waals surface area contributed by atoms with Crippen molar-refractivity contribution in [3.63, 3.8) is 0 Å². The Morgan fingerprint density at radius 3 is 2.59 bits per heavy atom. The summed E-state index contributed by atoms with van der Waals surface area (Å²) in [5, 5.41) is 4.96. The van der Waals surface area contributed by atoms with Crippen LogP contribution in [0.2, 0.25) is 0 Å². The maximum atomic E-state index is 13.0. The van der Waals surface area contributed by atoms with Gasteiger partial charge in [-0.25, -0.2) is 0 Å². The number of likely N-dealkylation sites (tertiary alicyclic amines) is 1. The average molecular weight is 555 g/mol. The number of ether oxygens (including phenoxy) is 1. The van der Waals surface area contributed by atoms with Crippen molar-refractivity contribution in [1.82, 2.24) is 15.2 Å². The highest BCUT2D eigenvalue weighted by Crippen LogP contribution is 2.37. The summed E-state index contributed by atoms with van der Waals surface area (Å²) in [6.45, 7) is 5.45. The fourth-order valence-corrected chi connectivity index (χ4v) is 7.17. The number of nitrogens with one attached hydrogen (secondary N) is 2. The Balaban J connectivity index is 0.995. The highest BCUT2D eigenvalue weighted by atomic mass is 16.5. The van der Waals surface area contributed by atoms with Crippen molar-refractivity contribution in [2.45, 2.75) is 82.4 Å². The first-order valence-corrected chi connectivity index (χ1v) is 15.2. The molecule has 3 heterocycles. The number of nitrogens with two attached hydrogens (primary N) is 1. The summed E-state index contributed by atoms with van der Waals surface area (Å²) in [5.41, 5.74) is 10.5. The monoisotopic (exact) mass is 554 g/mol. The topological polar surface area (TPSA) is 100 Å². The Morgan fingerprint density at radius 2 is 1.83 bits per heavy atom. The van der Waals surface area contributed by atoms with Crippen LogP contribution in [0.1, 0.15) is 75.0 Å². The molecule has 1 unspecified atom stereocenters. The third-order valence-corrected chi connectivity index (χ3v) is 9.34. The summed E-state index contributed by atoms with van der Waals surface area (Å²) < 4.78 is 5.96. The van der Waals surface area contributed by atoms with E-state index in [0.29, 0.717) is 25.0 Å². The summed E-state index contributed by atoms with van der Waals surface area (Å²) in [7, 11) is 0. The van der Waals surface area contributed by atoms with Crippen LogP contribution in [0.25, 0.3) is 17.0 Å². The van der Waals surface area contributed by atoms with Crippen LogP contribution in [0.3, 0.4) is 0 Å². The van der Waals surface area contributed by atoms with Gasteiger partial charge < -0.3 is 25.7 Å². The smallest absolute Gasteiger partial charge is 0.246 e. The van der Waals surface area contributed by atoms with Crippen LogP contribution in [0.15, 0.2) is 54.7 Å². The molecule has 0 radical (unpaired) electrons. The number of carbonyl (C=O) groups is 2. The molecule has 216 valence electrons. The number of nitrogens with zero attached hydrogens (tertiary/aromatic N) is 1. The summed E-state index contributed by atoms with van der Waals surface area (Å²) >= 11 is 0. The van der Waals surface area contributed by atoms with E-state index in [9.17, 15) is 9.59 Å². The van der Waals surface area contributed by atoms with Crippen LogP contribution in [-0.2, 0) is 16.0 Å². The number of hydrogen-bond donors (Lipinski definition) is 3. The van der Waals surface area contributed by atoms with Gasteiger partial charge in [-0.1, -0.05) is 24.3 Å². The largest absolute Gasteiger partial charge is 0.487 e. The molecule has 2 aromatic carbocycles. The molecule has 2 aliphatic heterocycles. The van der Waals surface area contributed by atoms with E-state index in [4.69, 9.17) is 10.5 Å². The van der Waals surface area contributed by atoms with E-state index in [1.165, 1.54) is 22.0 Å². The van der Waals surface area contributed by atoms with E-state index < -0.39 is 0 Å². The van der Waals surface area contributed by atoms with Crippen molar-refractivity contribution < 1.29 is 14.3 Å². The van der Waals surface area contributed by atoms with Crippen molar-refractivity contribution in [2.24, 2.45) is 11.7 Å². The Kier molecular flexibility index (Phi) is 7.64. The minimum atomic E-state index is -0.352. The number of primary amides is 1. The van der Waals surface area contributed by atoms with Gasteiger partial charge in [0.25, 0.3) is 0 Å². The molecule has 0 spiro atoms. The molecule has 1 saturated heterocycles. The number of hydrogen-bond acceptors (Lipinski definition) is 4. The first-order chi connectivity index (χ1) is 19.8. The Labute approximate surface area is 242 Å². The molecule has 4 N–H and O–H groups in total. The van der Waals surface area contributed by atoms with Crippen molar-refractivity contribution in [1.29, 1.82) is 0 Å². The summed E-state index contributed by atoms with van der Waals surface area (Å²) in [6.07, 6.45) is 12.4. The van der Waals surface area contributed by atoms with Crippen LogP contribution < -0.4 is 15.8 Å². The minimum Gasteiger partial charge on any atom is -0.487 e. The van der Waals surface area contributed by atoms with E-state index in [0.717, 1.165) is 56.3 Å². The number of piperidine rings is 1. The normalized spacial score (nSPS) is 23.4. The average Bonchev–Trinajstić information content (AvgIpc) is 3.54. The van der Waals surface area contributed by atoms with Crippen molar-refractivity contribution in [3.8, 4) is 5.75 Å². The van der Waals surface area contributed by atoms with Gasteiger partial charge >= 0.3 is 0 Å². The van der Waals surface area contributed by atoms with Crippen LogP contribution in [0, 0.1) is 5.92 Å². The Hall–Kier alpha value is -3.58. The third-order valence-electron chi connectivity index (χ3n) is 9.34. The van der Waals surface area contributed by atoms with Gasteiger partial charge in [-0.05, 0) is 105 Å². The first-order valence-electron chi connectivity index (χ1n) is 15.2. The molecule has 1 aliphatic carbocycles. The van der Waals surface area contributed by atoms with E-state index in [2.05, 4.69) is 60.7 Å². The zero-order chi connectivity index (χ0) is 28.6. The summed E-state index contributed by atoms with van der Waals surface area (Å²) in [4.78, 5) is 30.8. The zero-order valence-corrected chi connectivity index (χ0v) is 24.2. The number of rotatable bonds is 7. The third kappa shape index (κ3) is 6.05. The fourth-order valence-electron chi connectivity index (χ4n) is 7.17. The fraction of sp³-hybridized carbons (Fsp3) is 0.471. The first kappa shape index (κ1) is 27.6. The van der Waals surface area contributed by atoms with Crippen LogP contribution in [-0.4, -0.2) is 52.5 Å². The van der Waals surface area contributed by atoms with Gasteiger partial charge in [0.1, 0.15) is 11.4 Å². The molecule has 41 heavy (non-hydrogen) atoms. The molecule has 0 bridgehead atoms. The van der Waals surface area contributed by atoms with Crippen LogP contribution >= 0.6 is 0 Å². The lowest BCUT2D eigenvalue weighted by Gasteiger charge is -2.38. The number of aromatic nitrogens is 1. The molecule has 1 atom stereocenters. The molecule has 6 rings (SSSR count). The molecule has 1 saturated carbocycles. The number of aromatic amines is 1. The lowest BCUT2D eigenvalue weighted by Crippen LogP contribution is -2.54. The molecule has 3 aliphatic rings. The van der Waals surface area contributed by atoms with Crippen molar-refractivity contribution in [2.75, 3.05) is 13.1 Å². The molecule has 7 heteroatoms. The number of fused-ring (bicyclic) bond motifs is 2. The minimum absolute atomic E-state index is 0.0136. The molecular weight excluding hydrogens is 512 g/mol. The van der Waals surface area contributed by atoms with E-state index in [1.54, 1.807) is 6.08 Å². The van der Waals surface area contributed by atoms with Gasteiger partial charge in [-0.2, -0.15) is 0 Å². The second-order valence-corrected chi connectivity index (χ2v) is 12.8. The maximum absolute atomic E-state index is 13.0. The SMILES string of the molecule is CC1(C)Cc2cc(/C=C/C(=O)N3CCC(C(NC4CCC(c5c[nH]c6ccccc56)CC4)C(N)=O)CC3)ccc2O1. The van der Waals surface area contributed by atoms with Gasteiger partial charge in [-0.3, -0.25) is 9.59 Å². The molecule has 2 amide bonds. The lowest BCUT2D eigenvalue weighted by molar-refractivity contribution is -0.128. The van der Waals surface area contributed by atoms with Gasteiger partial charge in [0.05, 0.1) is 6.04 Å². The Bertz CT molecular complexity index is 1440. The highest BCUT2D eigenvalue weighted by molar-refractivity contribution is 5.92. The summed E-state index contributed by atoms with van der Waals surface area (Å²) in [5.74, 6) is 1.35. The second-order valence-electron chi connectivity index (χ2n) is 12.8.